The van der Waals surface area contributed by atoms with Crippen LogP contribution in [0.5, 0.6) is 0 Å². The van der Waals surface area contributed by atoms with Crippen LogP contribution in [0.15, 0.2) is 0 Å². The average molecular weight is 171 g/mol. The Kier molecular flexibility index (Phi) is 3.22. The van der Waals surface area contributed by atoms with E-state index >= 15 is 0 Å². The second-order valence-electron chi connectivity index (χ2n) is 2.08. The van der Waals surface area contributed by atoms with Crippen LogP contribution in [0.2, 0.25) is 0 Å². The van der Waals surface area contributed by atoms with Crippen LogP contribution in [-0.2, 0) is 0 Å². The molecule has 0 rings (SSSR count). The van der Waals surface area contributed by atoms with Gasteiger partial charge in [-0.15, -0.1) is 8.96 Å². The smallest absolute Gasteiger partial charge is 0.185 e. The molecule has 1 atom stereocenters. The van der Waals surface area contributed by atoms with Crippen LogP contribution < -0.4 is 0 Å². The van der Waals surface area contributed by atoms with Crippen LogP contribution in [0, 0.1) is 11.3 Å². The monoisotopic (exact) mass is 171 g/mol. The standard InChI is InChI=1S/C4H5F4N3/c1-4(2-9,11(7)8)3-10(5)6/h3H2,1H3. The average Bonchev–Trinajstić information content (AvgIpc) is 1.86. The van der Waals surface area contributed by atoms with Gasteiger partial charge in [-0.25, -0.2) is 0 Å². The lowest BCUT2D eigenvalue weighted by molar-refractivity contribution is -0.247. The Morgan fingerprint density at radius 1 is 1.36 bits per heavy atom. The molecular weight excluding hydrogens is 166 g/mol. The first-order valence-corrected chi connectivity index (χ1v) is 2.54. The Morgan fingerprint density at radius 3 is 1.91 bits per heavy atom. The molecule has 3 nitrogen and oxygen atoms in total. The summed E-state index contributed by atoms with van der Waals surface area (Å²) in [7, 11) is 0. The van der Waals surface area contributed by atoms with E-state index in [-0.39, 0.29) is 0 Å². The quantitative estimate of drug-likeness (QED) is 0.475. The van der Waals surface area contributed by atoms with Crippen LogP contribution in [0.1, 0.15) is 6.92 Å². The molecule has 1 unspecified atom stereocenters. The van der Waals surface area contributed by atoms with E-state index < -0.39 is 22.8 Å². The Morgan fingerprint density at radius 2 is 1.82 bits per heavy atom. The van der Waals surface area contributed by atoms with E-state index in [9.17, 15) is 17.9 Å². The van der Waals surface area contributed by atoms with E-state index in [0.717, 1.165) is 6.07 Å². The van der Waals surface area contributed by atoms with Gasteiger partial charge in [-0.3, -0.25) is 0 Å². The van der Waals surface area contributed by atoms with E-state index in [2.05, 4.69) is 0 Å². The van der Waals surface area contributed by atoms with Crippen molar-refractivity contribution in [2.24, 2.45) is 0 Å². The fraction of sp³-hybridized carbons (Fsp3) is 0.750. The van der Waals surface area contributed by atoms with Gasteiger partial charge in [0, 0.05) is 10.7 Å². The molecule has 0 saturated heterocycles. The lowest BCUT2D eigenvalue weighted by Gasteiger charge is -2.19. The van der Waals surface area contributed by atoms with Crippen LogP contribution in [0.4, 0.5) is 17.9 Å². The molecule has 0 saturated carbocycles. The first-order chi connectivity index (χ1) is 4.92. The van der Waals surface area contributed by atoms with Crippen LogP contribution >= 0.6 is 0 Å². The number of nitrogens with zero attached hydrogens (tertiary/aromatic N) is 3. The van der Waals surface area contributed by atoms with E-state index in [1.807, 2.05) is 0 Å². The SMILES string of the molecule is CC(C#N)(CN(F)F)N(F)F. The minimum Gasteiger partial charge on any atom is -0.196 e. The van der Waals surface area contributed by atoms with Crippen molar-refractivity contribution in [3.05, 3.63) is 0 Å². The van der Waals surface area contributed by atoms with E-state index in [1.54, 1.807) is 0 Å². The third kappa shape index (κ3) is 2.69. The summed E-state index contributed by atoms with van der Waals surface area (Å²) in [6, 6.07) is 1.06. The molecule has 0 aliphatic heterocycles. The predicted octanol–water partition coefficient (Wildman–Crippen LogP) is 1.41. The zero-order valence-corrected chi connectivity index (χ0v) is 5.56. The fourth-order valence-electron chi connectivity index (χ4n) is 0.359. The summed E-state index contributed by atoms with van der Waals surface area (Å²) in [5, 5.41) is 5.07. The Bertz CT molecular complexity index is 165. The minimum atomic E-state index is -2.45. The molecular formula is C4H5F4N3. The molecule has 0 heterocycles. The number of hydrogen-bond donors (Lipinski definition) is 0. The highest BCUT2D eigenvalue weighted by Gasteiger charge is 2.36. The molecule has 0 radical (unpaired) electrons. The maximum atomic E-state index is 11.7. The second kappa shape index (κ2) is 3.50. The molecule has 0 aromatic carbocycles. The molecule has 0 bridgehead atoms. The van der Waals surface area contributed by atoms with Gasteiger partial charge in [-0.05, 0) is 6.92 Å². The molecule has 0 amide bonds. The van der Waals surface area contributed by atoms with Crippen molar-refractivity contribution >= 4 is 0 Å². The maximum absolute atomic E-state index is 11.7. The van der Waals surface area contributed by atoms with Crippen LogP contribution in [0.3, 0.4) is 0 Å². The van der Waals surface area contributed by atoms with Gasteiger partial charge in [0.25, 0.3) is 0 Å². The molecule has 0 spiro atoms. The van der Waals surface area contributed by atoms with Gasteiger partial charge in [-0.1, -0.05) is 8.96 Å². The largest absolute Gasteiger partial charge is 0.196 e. The van der Waals surface area contributed by atoms with Crippen molar-refractivity contribution in [3.8, 4) is 6.07 Å². The second-order valence-corrected chi connectivity index (χ2v) is 2.08. The first kappa shape index (κ1) is 10.1. The molecule has 0 aliphatic rings. The van der Waals surface area contributed by atoms with Gasteiger partial charge >= 0.3 is 0 Å². The highest BCUT2D eigenvalue weighted by molar-refractivity contribution is 5.02. The van der Waals surface area contributed by atoms with Gasteiger partial charge in [0.2, 0.25) is 0 Å². The maximum Gasteiger partial charge on any atom is 0.185 e. The third-order valence-corrected chi connectivity index (χ3v) is 1.04. The zero-order valence-electron chi connectivity index (χ0n) is 5.56. The summed E-state index contributed by atoms with van der Waals surface area (Å²) >= 11 is 0. The molecule has 0 aliphatic carbocycles. The van der Waals surface area contributed by atoms with Crippen molar-refractivity contribution in [3.63, 3.8) is 0 Å². The molecule has 7 heteroatoms. The third-order valence-electron chi connectivity index (χ3n) is 1.04. The van der Waals surface area contributed by atoms with Gasteiger partial charge < -0.3 is 0 Å². The lowest BCUT2D eigenvalue weighted by atomic mass is 10.1. The van der Waals surface area contributed by atoms with Crippen molar-refractivity contribution in [1.29, 1.82) is 5.26 Å². The predicted molar refractivity (Wildman–Crippen MR) is 27.0 cm³/mol. The molecule has 0 fully saturated rings. The zero-order chi connectivity index (χ0) is 9.07. The van der Waals surface area contributed by atoms with Crippen LogP contribution in [-0.4, -0.2) is 22.8 Å². The molecule has 0 aromatic rings. The Labute approximate surface area is 60.1 Å². The lowest BCUT2D eigenvalue weighted by Crippen LogP contribution is -2.42. The summed E-state index contributed by atoms with van der Waals surface area (Å²) in [6.45, 7) is -0.615. The Balaban J connectivity index is 4.26. The summed E-state index contributed by atoms with van der Waals surface area (Å²) in [5.74, 6) is 0. The summed E-state index contributed by atoms with van der Waals surface area (Å²) in [5.41, 5.74) is -2.45. The van der Waals surface area contributed by atoms with Crippen LogP contribution in [0.25, 0.3) is 0 Å². The van der Waals surface area contributed by atoms with Gasteiger partial charge in [0.05, 0.1) is 12.6 Å². The van der Waals surface area contributed by atoms with E-state index in [4.69, 9.17) is 5.26 Å². The van der Waals surface area contributed by atoms with E-state index in [0.29, 0.717) is 6.92 Å². The summed E-state index contributed by atoms with van der Waals surface area (Å²) < 4.78 is 46.2. The number of halogens is 4. The van der Waals surface area contributed by atoms with E-state index in [1.165, 1.54) is 0 Å². The van der Waals surface area contributed by atoms with Gasteiger partial charge in [-0.2, -0.15) is 5.26 Å². The van der Waals surface area contributed by atoms with Crippen molar-refractivity contribution in [1.82, 2.24) is 10.7 Å². The summed E-state index contributed by atoms with van der Waals surface area (Å²) in [4.78, 5) is 0. The number of nitriles is 1. The van der Waals surface area contributed by atoms with Crippen molar-refractivity contribution in [2.75, 3.05) is 6.54 Å². The number of hydrogen-bond acceptors (Lipinski definition) is 3. The minimum absolute atomic E-state index is 0.708. The normalized spacial score (nSPS) is 16.5. The topological polar surface area (TPSA) is 30.3 Å². The molecule has 0 N–H and O–H groups in total. The fourth-order valence-corrected chi connectivity index (χ4v) is 0.359. The molecule has 11 heavy (non-hydrogen) atoms. The Hall–Kier alpha value is -0.870. The highest BCUT2D eigenvalue weighted by Crippen LogP contribution is 2.17. The van der Waals surface area contributed by atoms with Crippen molar-refractivity contribution in [2.45, 2.75) is 12.5 Å². The molecule has 64 valence electrons. The van der Waals surface area contributed by atoms with Gasteiger partial charge in [0.15, 0.2) is 5.54 Å². The van der Waals surface area contributed by atoms with Crippen molar-refractivity contribution < 1.29 is 17.9 Å². The first-order valence-electron chi connectivity index (χ1n) is 2.54. The number of rotatable bonds is 3. The summed E-state index contributed by atoms with van der Waals surface area (Å²) in [6.07, 6.45) is 0. The highest BCUT2D eigenvalue weighted by atomic mass is 19.4. The van der Waals surface area contributed by atoms with Gasteiger partial charge in [0.1, 0.15) is 0 Å². The molecule has 0 aromatic heterocycles.